The summed E-state index contributed by atoms with van der Waals surface area (Å²) in [5.41, 5.74) is 2.27. The molecule has 0 radical (unpaired) electrons. The Kier molecular flexibility index (Phi) is 5.03. The van der Waals surface area contributed by atoms with Crippen molar-refractivity contribution in [1.82, 2.24) is 10.3 Å². The summed E-state index contributed by atoms with van der Waals surface area (Å²) in [6, 6.07) is 10.9. The van der Waals surface area contributed by atoms with Gasteiger partial charge in [0.25, 0.3) is 5.91 Å². The van der Waals surface area contributed by atoms with Crippen molar-refractivity contribution in [3.63, 3.8) is 0 Å². The average Bonchev–Trinajstić information content (AvgIpc) is 2.94. The highest BCUT2D eigenvalue weighted by molar-refractivity contribution is 7.91. The molecule has 3 rings (SSSR count). The van der Waals surface area contributed by atoms with Crippen molar-refractivity contribution in [2.24, 2.45) is 0 Å². The Morgan fingerprint density at radius 2 is 2.08 bits per heavy atom. The second-order valence-electron chi connectivity index (χ2n) is 6.10. The molecule has 25 heavy (non-hydrogen) atoms. The van der Waals surface area contributed by atoms with Gasteiger partial charge in [0.2, 0.25) is 0 Å². The number of rotatable bonds is 5. The predicted octanol–water partition coefficient (Wildman–Crippen LogP) is 1.60. The van der Waals surface area contributed by atoms with Gasteiger partial charge in [-0.25, -0.2) is 8.42 Å². The summed E-state index contributed by atoms with van der Waals surface area (Å²) < 4.78 is 28.2. The highest BCUT2D eigenvalue weighted by Gasteiger charge is 2.29. The van der Waals surface area contributed by atoms with E-state index < -0.39 is 9.84 Å². The molecule has 0 bridgehead atoms. The number of aromatic nitrogens is 1. The maximum atomic E-state index is 12.2. The molecule has 1 saturated heterocycles. The van der Waals surface area contributed by atoms with Crippen LogP contribution >= 0.6 is 0 Å². The van der Waals surface area contributed by atoms with Gasteiger partial charge in [-0.3, -0.25) is 9.78 Å². The van der Waals surface area contributed by atoms with Crippen LogP contribution in [0.5, 0.6) is 5.75 Å². The van der Waals surface area contributed by atoms with E-state index in [-0.39, 0.29) is 23.5 Å². The van der Waals surface area contributed by atoms with Gasteiger partial charge in [-0.1, -0.05) is 18.2 Å². The third-order valence-corrected chi connectivity index (χ3v) is 5.99. The smallest absolute Gasteiger partial charge is 0.253 e. The number of hydrogen-bond donors (Lipinski definition) is 1. The molecule has 0 aliphatic carbocycles. The van der Waals surface area contributed by atoms with Crippen LogP contribution in [-0.4, -0.2) is 44.0 Å². The molecular weight excluding hydrogens is 340 g/mol. The van der Waals surface area contributed by atoms with E-state index in [2.05, 4.69) is 10.3 Å². The minimum atomic E-state index is -3.01. The first-order valence-electron chi connectivity index (χ1n) is 8.05. The van der Waals surface area contributed by atoms with Gasteiger partial charge in [-0.2, -0.15) is 0 Å². The number of sulfone groups is 1. The van der Waals surface area contributed by atoms with E-state index in [1.807, 2.05) is 24.3 Å². The van der Waals surface area contributed by atoms with Gasteiger partial charge in [-0.15, -0.1) is 0 Å². The second-order valence-corrected chi connectivity index (χ2v) is 8.33. The summed E-state index contributed by atoms with van der Waals surface area (Å²) in [5, 5.41) is 2.76. The quantitative estimate of drug-likeness (QED) is 0.875. The topological polar surface area (TPSA) is 85.4 Å². The van der Waals surface area contributed by atoms with Crippen molar-refractivity contribution < 1.29 is 17.9 Å². The number of hydrogen-bond acceptors (Lipinski definition) is 5. The van der Waals surface area contributed by atoms with Crippen LogP contribution in [0.15, 0.2) is 42.6 Å². The molecule has 132 valence electrons. The SMILES string of the molecule is COc1ccccc1Cc1ccc(C(=O)NC2CCS(=O)(=O)C2)cn1. The molecule has 1 aromatic carbocycles. The maximum absolute atomic E-state index is 12.2. The van der Waals surface area contributed by atoms with Crippen molar-refractivity contribution in [1.29, 1.82) is 0 Å². The summed E-state index contributed by atoms with van der Waals surface area (Å²) in [6.07, 6.45) is 2.59. The third kappa shape index (κ3) is 4.36. The van der Waals surface area contributed by atoms with Gasteiger partial charge in [0.15, 0.2) is 9.84 Å². The highest BCUT2D eigenvalue weighted by Crippen LogP contribution is 2.20. The molecule has 1 aliphatic heterocycles. The minimum Gasteiger partial charge on any atom is -0.496 e. The fourth-order valence-corrected chi connectivity index (χ4v) is 4.56. The molecule has 1 N–H and O–H groups in total. The highest BCUT2D eigenvalue weighted by atomic mass is 32.2. The zero-order valence-corrected chi connectivity index (χ0v) is 14.8. The molecule has 7 heteroatoms. The zero-order chi connectivity index (χ0) is 17.9. The van der Waals surface area contributed by atoms with Crippen molar-refractivity contribution in [2.45, 2.75) is 18.9 Å². The van der Waals surface area contributed by atoms with Crippen LogP contribution in [0.25, 0.3) is 0 Å². The first kappa shape index (κ1) is 17.4. The third-order valence-electron chi connectivity index (χ3n) is 4.22. The van der Waals surface area contributed by atoms with Crippen LogP contribution in [-0.2, 0) is 16.3 Å². The van der Waals surface area contributed by atoms with E-state index in [0.29, 0.717) is 18.4 Å². The van der Waals surface area contributed by atoms with Crippen LogP contribution in [0.1, 0.15) is 28.0 Å². The summed E-state index contributed by atoms with van der Waals surface area (Å²) in [6.45, 7) is 0. The van der Waals surface area contributed by atoms with Gasteiger partial charge >= 0.3 is 0 Å². The second kappa shape index (κ2) is 7.23. The number of methoxy groups -OCH3 is 1. The molecule has 1 unspecified atom stereocenters. The number of para-hydroxylation sites is 1. The molecule has 1 amide bonds. The van der Waals surface area contributed by atoms with Gasteiger partial charge in [0, 0.05) is 29.9 Å². The number of ether oxygens (including phenoxy) is 1. The van der Waals surface area contributed by atoms with Crippen LogP contribution in [0.2, 0.25) is 0 Å². The molecule has 1 atom stereocenters. The summed E-state index contributed by atoms with van der Waals surface area (Å²) in [5.74, 6) is 0.651. The molecule has 1 fully saturated rings. The largest absolute Gasteiger partial charge is 0.496 e. The lowest BCUT2D eigenvalue weighted by Gasteiger charge is -2.11. The van der Waals surface area contributed by atoms with Gasteiger partial charge in [0.1, 0.15) is 5.75 Å². The van der Waals surface area contributed by atoms with Crippen LogP contribution in [0, 0.1) is 0 Å². The van der Waals surface area contributed by atoms with Crippen LogP contribution in [0.3, 0.4) is 0 Å². The monoisotopic (exact) mass is 360 g/mol. The Morgan fingerprint density at radius 1 is 1.28 bits per heavy atom. The lowest BCUT2D eigenvalue weighted by molar-refractivity contribution is 0.0940. The average molecular weight is 360 g/mol. The van der Waals surface area contributed by atoms with Crippen LogP contribution < -0.4 is 10.1 Å². The normalized spacial score (nSPS) is 18.7. The molecule has 2 heterocycles. The van der Waals surface area contributed by atoms with Crippen LogP contribution in [0.4, 0.5) is 0 Å². The number of carbonyl (C=O) groups excluding carboxylic acids is 1. The minimum absolute atomic E-state index is 0.0120. The van der Waals surface area contributed by atoms with Crippen molar-refractivity contribution >= 4 is 15.7 Å². The molecule has 6 nitrogen and oxygen atoms in total. The lowest BCUT2D eigenvalue weighted by Crippen LogP contribution is -2.35. The maximum Gasteiger partial charge on any atom is 0.253 e. The molecule has 0 saturated carbocycles. The number of benzene rings is 1. The number of nitrogens with zero attached hydrogens (tertiary/aromatic N) is 1. The summed E-state index contributed by atoms with van der Waals surface area (Å²) in [7, 11) is -1.39. The Morgan fingerprint density at radius 3 is 2.72 bits per heavy atom. The number of pyridine rings is 1. The van der Waals surface area contributed by atoms with Gasteiger partial charge in [0.05, 0.1) is 24.2 Å². The first-order chi connectivity index (χ1) is 12.0. The standard InChI is InChI=1S/C18H20N2O4S/c1-24-17-5-3-2-4-13(17)10-15-7-6-14(11-19-15)18(21)20-16-8-9-25(22,23)12-16/h2-7,11,16H,8-10,12H2,1H3,(H,20,21). The molecule has 1 aromatic heterocycles. The van der Waals surface area contributed by atoms with E-state index in [1.54, 1.807) is 19.2 Å². The van der Waals surface area contributed by atoms with E-state index in [4.69, 9.17) is 4.74 Å². The molecule has 0 spiro atoms. The summed E-state index contributed by atoms with van der Waals surface area (Å²) in [4.78, 5) is 16.6. The number of amides is 1. The van der Waals surface area contributed by atoms with Gasteiger partial charge < -0.3 is 10.1 Å². The van der Waals surface area contributed by atoms with Crippen molar-refractivity contribution in [2.75, 3.05) is 18.6 Å². The molecule has 1 aliphatic rings. The van der Waals surface area contributed by atoms with Crippen molar-refractivity contribution in [3.8, 4) is 5.75 Å². The molecule has 2 aromatic rings. The Bertz CT molecular complexity index is 863. The first-order valence-corrected chi connectivity index (χ1v) is 9.87. The van der Waals surface area contributed by atoms with E-state index in [1.165, 1.54) is 6.20 Å². The number of carbonyl (C=O) groups is 1. The Hall–Kier alpha value is -2.41. The Labute approximate surface area is 147 Å². The Balaban J connectivity index is 1.65. The fourth-order valence-electron chi connectivity index (χ4n) is 2.89. The van der Waals surface area contributed by atoms with E-state index in [9.17, 15) is 13.2 Å². The predicted molar refractivity (Wildman–Crippen MR) is 94.6 cm³/mol. The lowest BCUT2D eigenvalue weighted by atomic mass is 10.1. The van der Waals surface area contributed by atoms with E-state index in [0.717, 1.165) is 17.0 Å². The fraction of sp³-hybridized carbons (Fsp3) is 0.333. The zero-order valence-electron chi connectivity index (χ0n) is 13.9. The van der Waals surface area contributed by atoms with Crippen molar-refractivity contribution in [3.05, 3.63) is 59.4 Å². The number of nitrogens with one attached hydrogen (secondary N) is 1. The summed E-state index contributed by atoms with van der Waals surface area (Å²) >= 11 is 0. The van der Waals surface area contributed by atoms with E-state index >= 15 is 0 Å². The molecular formula is C18H20N2O4S. The van der Waals surface area contributed by atoms with Gasteiger partial charge in [-0.05, 0) is 24.6 Å².